The molecule has 0 saturated carbocycles. The smallest absolute Gasteiger partial charge is 0.330 e. The second-order valence-electron chi connectivity index (χ2n) is 6.00. The van der Waals surface area contributed by atoms with Crippen LogP contribution in [0, 0.1) is 0 Å². The van der Waals surface area contributed by atoms with Crippen LogP contribution in [0.15, 0.2) is 15.8 Å². The van der Waals surface area contributed by atoms with Crippen LogP contribution in [0.2, 0.25) is 0 Å². The Morgan fingerprint density at radius 3 is 2.59 bits per heavy atom. The van der Waals surface area contributed by atoms with Crippen molar-refractivity contribution in [2.75, 3.05) is 0 Å². The van der Waals surface area contributed by atoms with E-state index in [1.165, 1.54) is 7.85 Å². The number of hydrogen-bond donors (Lipinski definition) is 3. The zero-order valence-corrected chi connectivity index (χ0v) is 12.3. The Morgan fingerprint density at radius 2 is 2.14 bits per heavy atom. The molecule has 3 N–H and O–H groups in total. The molecule has 0 aromatic carbocycles. The minimum Gasteiger partial charge on any atom is -0.402 e. The standard InChI is InChI=1S/C10H14B3FN2O6/c11-9(5(18)1-8(14,22-9)10(12,13)21)16-2-4(3-17)6(19)15-7(16)20/h2-3,5,18,21H,1,11-13H2,(H,15,19,20)/t5-,8+,9+/m1/s1. The third-order valence-corrected chi connectivity index (χ3v) is 3.93. The third-order valence-electron chi connectivity index (χ3n) is 3.93. The van der Waals surface area contributed by atoms with E-state index in [1.54, 1.807) is 0 Å². The minimum atomic E-state index is -2.61. The summed E-state index contributed by atoms with van der Waals surface area (Å²) < 4.78 is 20.7. The predicted octanol–water partition coefficient (Wildman–Crippen LogP) is -5.05. The van der Waals surface area contributed by atoms with Gasteiger partial charge in [-0.2, -0.15) is 0 Å². The molecular formula is C10H14B3FN2O6. The van der Waals surface area contributed by atoms with Crippen molar-refractivity contribution in [2.45, 2.75) is 29.4 Å². The number of aliphatic hydroxyl groups is 2. The molecule has 0 aliphatic carbocycles. The van der Waals surface area contributed by atoms with E-state index in [-0.39, 0.29) is 11.8 Å². The van der Waals surface area contributed by atoms with Crippen molar-refractivity contribution in [3.05, 3.63) is 32.6 Å². The molecule has 1 aliphatic rings. The number of nitrogens with one attached hydrogen (secondary N) is 1. The number of ether oxygens (including phenoxy) is 1. The fourth-order valence-electron chi connectivity index (χ4n) is 2.36. The van der Waals surface area contributed by atoms with Gasteiger partial charge in [-0.3, -0.25) is 19.1 Å². The number of rotatable bonds is 3. The zero-order valence-electron chi connectivity index (χ0n) is 12.3. The lowest BCUT2D eigenvalue weighted by atomic mass is 9.60. The van der Waals surface area contributed by atoms with Crippen molar-refractivity contribution in [3.63, 3.8) is 0 Å². The van der Waals surface area contributed by atoms with Gasteiger partial charge in [0.05, 0.1) is 17.1 Å². The van der Waals surface area contributed by atoms with Gasteiger partial charge < -0.3 is 14.9 Å². The topological polar surface area (TPSA) is 122 Å². The maximum absolute atomic E-state index is 14.8. The van der Waals surface area contributed by atoms with E-state index in [0.29, 0.717) is 0 Å². The van der Waals surface area contributed by atoms with Crippen molar-refractivity contribution in [3.8, 4) is 0 Å². The normalized spacial score (nSPS) is 32.0. The highest BCUT2D eigenvalue weighted by Crippen LogP contribution is 2.44. The van der Waals surface area contributed by atoms with Crippen LogP contribution in [0.3, 0.4) is 0 Å². The second kappa shape index (κ2) is 4.93. The molecule has 1 aliphatic heterocycles. The van der Waals surface area contributed by atoms with Crippen LogP contribution in [0.25, 0.3) is 0 Å². The number of aliphatic hydroxyl groups excluding tert-OH is 1. The lowest BCUT2D eigenvalue weighted by molar-refractivity contribution is -0.222. The second-order valence-corrected chi connectivity index (χ2v) is 6.00. The first-order valence-electron chi connectivity index (χ1n) is 6.56. The number of H-pyrrole nitrogens is 1. The number of carbonyl (C=O) groups excluding carboxylic acids is 1. The Morgan fingerprint density at radius 1 is 1.55 bits per heavy atom. The first kappa shape index (κ1) is 16.7. The highest BCUT2D eigenvalue weighted by Gasteiger charge is 2.60. The highest BCUT2D eigenvalue weighted by molar-refractivity contribution is 6.39. The van der Waals surface area contributed by atoms with E-state index in [0.717, 1.165) is 26.5 Å². The molecule has 8 nitrogen and oxygen atoms in total. The summed E-state index contributed by atoms with van der Waals surface area (Å²) >= 11 is 0. The molecule has 0 bridgehead atoms. The molecule has 0 radical (unpaired) electrons. The molecule has 116 valence electrons. The van der Waals surface area contributed by atoms with Crippen LogP contribution in [-0.2, 0) is 10.4 Å². The molecule has 0 amide bonds. The van der Waals surface area contributed by atoms with Crippen LogP contribution in [0.4, 0.5) is 4.39 Å². The molecule has 0 spiro atoms. The summed E-state index contributed by atoms with van der Waals surface area (Å²) in [5.41, 5.74) is -4.15. The first-order chi connectivity index (χ1) is 9.94. The van der Waals surface area contributed by atoms with Crippen LogP contribution in [0.1, 0.15) is 16.8 Å². The van der Waals surface area contributed by atoms with Crippen LogP contribution in [0.5, 0.6) is 0 Å². The molecule has 2 rings (SSSR count). The summed E-state index contributed by atoms with van der Waals surface area (Å²) in [6.45, 7) is 0. The SMILES string of the molecule is BC(B)(O)[C@]1(F)C[C@@H](O)[C@](B)(n2cc(C=O)c(=O)[nH]c2=O)O1. The summed E-state index contributed by atoms with van der Waals surface area (Å²) in [7, 11) is 3.55. The van der Waals surface area contributed by atoms with Gasteiger partial charge in [-0.25, -0.2) is 9.18 Å². The molecule has 1 fully saturated rings. The summed E-state index contributed by atoms with van der Waals surface area (Å²) in [5.74, 6) is -2.61. The molecule has 3 atom stereocenters. The van der Waals surface area contributed by atoms with Crippen molar-refractivity contribution in [1.82, 2.24) is 9.55 Å². The number of aldehydes is 1. The van der Waals surface area contributed by atoms with Gasteiger partial charge in [0.1, 0.15) is 21.3 Å². The van der Waals surface area contributed by atoms with Crippen molar-refractivity contribution in [1.29, 1.82) is 0 Å². The molecule has 1 aromatic heterocycles. The number of aromatic amines is 1. The van der Waals surface area contributed by atoms with E-state index in [4.69, 9.17) is 4.74 Å². The largest absolute Gasteiger partial charge is 0.402 e. The Bertz CT molecular complexity index is 731. The van der Waals surface area contributed by atoms with Crippen LogP contribution >= 0.6 is 0 Å². The van der Waals surface area contributed by atoms with E-state index in [9.17, 15) is 29.0 Å². The summed E-state index contributed by atoms with van der Waals surface area (Å²) in [4.78, 5) is 36.0. The first-order valence-corrected chi connectivity index (χ1v) is 6.56. The minimum absolute atomic E-state index is 0.220. The molecule has 12 heteroatoms. The Hall–Kier alpha value is -1.65. The fraction of sp³-hybridized carbons (Fsp3) is 0.500. The molecule has 2 heterocycles. The lowest BCUT2D eigenvalue weighted by Crippen LogP contribution is -2.55. The van der Waals surface area contributed by atoms with Gasteiger partial charge in [0.15, 0.2) is 14.1 Å². The number of alkyl halides is 1. The molecule has 0 unspecified atom stereocenters. The highest BCUT2D eigenvalue weighted by atomic mass is 19.2. The number of hydrogen-bond acceptors (Lipinski definition) is 6. The van der Waals surface area contributed by atoms with Crippen LogP contribution in [-0.4, -0.2) is 66.9 Å². The van der Waals surface area contributed by atoms with Gasteiger partial charge in [-0.05, 0) is 0 Å². The predicted molar refractivity (Wildman–Crippen MR) is 80.8 cm³/mol. The Kier molecular flexibility index (Phi) is 3.75. The lowest BCUT2D eigenvalue weighted by Gasteiger charge is -2.36. The summed E-state index contributed by atoms with van der Waals surface area (Å²) in [6.07, 6.45) is -0.979. The summed E-state index contributed by atoms with van der Waals surface area (Å²) in [5, 5.41) is 18.1. The number of aromatic nitrogens is 2. The van der Waals surface area contributed by atoms with Gasteiger partial charge in [-0.1, -0.05) is 0 Å². The fourth-order valence-corrected chi connectivity index (χ4v) is 2.36. The number of carbonyl (C=O) groups is 1. The van der Waals surface area contributed by atoms with E-state index >= 15 is 0 Å². The van der Waals surface area contributed by atoms with Gasteiger partial charge in [-0.15, -0.1) is 0 Å². The quantitative estimate of drug-likeness (QED) is 0.379. The van der Waals surface area contributed by atoms with Crippen molar-refractivity contribution >= 4 is 29.8 Å². The van der Waals surface area contributed by atoms with Crippen LogP contribution < -0.4 is 11.2 Å². The van der Waals surface area contributed by atoms with Crippen molar-refractivity contribution < 1.29 is 24.1 Å². The Balaban J connectivity index is 2.60. The van der Waals surface area contributed by atoms with Gasteiger partial charge in [0.2, 0.25) is 5.85 Å². The molecule has 1 saturated heterocycles. The maximum Gasteiger partial charge on any atom is 0.330 e. The van der Waals surface area contributed by atoms with Gasteiger partial charge in [0, 0.05) is 12.6 Å². The molecule has 22 heavy (non-hydrogen) atoms. The van der Waals surface area contributed by atoms with E-state index in [2.05, 4.69) is 0 Å². The van der Waals surface area contributed by atoms with Gasteiger partial charge in [0.25, 0.3) is 5.56 Å². The monoisotopic (exact) mass is 310 g/mol. The number of nitrogens with zero attached hydrogens (tertiary/aromatic N) is 1. The summed E-state index contributed by atoms with van der Waals surface area (Å²) in [6, 6.07) is 0. The van der Waals surface area contributed by atoms with Gasteiger partial charge >= 0.3 is 5.69 Å². The number of halogens is 1. The molecule has 1 aromatic rings. The Labute approximate surface area is 126 Å². The van der Waals surface area contributed by atoms with Crippen molar-refractivity contribution in [2.24, 2.45) is 0 Å². The molecular weight excluding hydrogens is 296 g/mol. The van der Waals surface area contributed by atoms with E-state index < -0.39 is 40.7 Å². The third kappa shape index (κ3) is 2.36. The zero-order chi connectivity index (χ0) is 16.9. The average molecular weight is 310 g/mol. The maximum atomic E-state index is 14.8. The average Bonchev–Trinajstić information content (AvgIpc) is 2.61. The van der Waals surface area contributed by atoms with E-state index in [1.807, 2.05) is 4.98 Å².